The first-order valence-corrected chi connectivity index (χ1v) is 10.5. The molecule has 0 fully saturated rings. The zero-order chi connectivity index (χ0) is 22.2. The van der Waals surface area contributed by atoms with Crippen LogP contribution < -0.4 is 20.1 Å². The third-order valence-corrected chi connectivity index (χ3v) is 4.88. The third kappa shape index (κ3) is 6.51. The van der Waals surface area contributed by atoms with E-state index in [0.29, 0.717) is 24.7 Å². The Morgan fingerprint density at radius 3 is 2.32 bits per heavy atom. The van der Waals surface area contributed by atoms with Crippen LogP contribution in [0.4, 0.5) is 11.4 Å². The van der Waals surface area contributed by atoms with Gasteiger partial charge >= 0.3 is 0 Å². The van der Waals surface area contributed by atoms with Gasteiger partial charge in [0.05, 0.1) is 6.61 Å². The van der Waals surface area contributed by atoms with Crippen molar-refractivity contribution < 1.29 is 14.3 Å². The minimum Gasteiger partial charge on any atom is -0.490 e. The molecule has 0 atom stereocenters. The monoisotopic (exact) mass is 418 g/mol. The number of carbonyl (C=O) groups excluding carboxylic acids is 1. The largest absolute Gasteiger partial charge is 0.490 e. The summed E-state index contributed by atoms with van der Waals surface area (Å²) in [6, 6.07) is 20.0. The van der Waals surface area contributed by atoms with E-state index in [1.165, 1.54) is 5.56 Å². The number of hydrogen-bond acceptors (Lipinski definition) is 4. The summed E-state index contributed by atoms with van der Waals surface area (Å²) in [6.45, 7) is 9.04. The molecule has 0 heterocycles. The van der Waals surface area contributed by atoms with E-state index in [-0.39, 0.29) is 12.5 Å². The van der Waals surface area contributed by atoms with Crippen LogP contribution in [0.15, 0.2) is 60.7 Å². The summed E-state index contributed by atoms with van der Waals surface area (Å²) >= 11 is 0. The van der Waals surface area contributed by atoms with Gasteiger partial charge < -0.3 is 20.1 Å². The number of nitrogens with one attached hydrogen (secondary N) is 2. The number of carbonyl (C=O) groups is 1. The van der Waals surface area contributed by atoms with Crippen LogP contribution in [0.2, 0.25) is 0 Å². The maximum absolute atomic E-state index is 12.4. The van der Waals surface area contributed by atoms with Crippen LogP contribution in [-0.4, -0.2) is 19.1 Å². The van der Waals surface area contributed by atoms with Crippen molar-refractivity contribution in [3.63, 3.8) is 0 Å². The zero-order valence-electron chi connectivity index (χ0n) is 18.6. The minimum atomic E-state index is -0.207. The highest BCUT2D eigenvalue weighted by molar-refractivity contribution is 5.92. The molecule has 0 unspecified atom stereocenters. The molecule has 3 aromatic carbocycles. The molecule has 0 bridgehead atoms. The van der Waals surface area contributed by atoms with Gasteiger partial charge in [-0.3, -0.25) is 4.79 Å². The molecule has 31 heavy (non-hydrogen) atoms. The smallest absolute Gasteiger partial charge is 0.262 e. The third-order valence-electron chi connectivity index (χ3n) is 4.88. The Morgan fingerprint density at radius 2 is 1.58 bits per heavy atom. The summed E-state index contributed by atoms with van der Waals surface area (Å²) in [7, 11) is 0. The molecular weight excluding hydrogens is 388 g/mol. The number of ether oxygens (including phenoxy) is 2. The average molecular weight is 419 g/mol. The molecule has 162 valence electrons. The second-order valence-electron chi connectivity index (χ2n) is 7.59. The van der Waals surface area contributed by atoms with Gasteiger partial charge in [-0.1, -0.05) is 35.9 Å². The normalized spacial score (nSPS) is 10.5. The standard InChI is InChI=1S/C26H30N2O3/c1-5-30-25-15-21(16-27-22-11-7-18(2)8-12-22)10-13-24(25)31-17-26(29)28-23-14-19(3)6-9-20(23)4/h6-15,27H,5,16-17H2,1-4H3,(H,28,29). The number of anilines is 2. The summed E-state index contributed by atoms with van der Waals surface area (Å²) < 4.78 is 11.5. The van der Waals surface area contributed by atoms with Crippen LogP contribution in [0.1, 0.15) is 29.2 Å². The lowest BCUT2D eigenvalue weighted by Crippen LogP contribution is -2.21. The van der Waals surface area contributed by atoms with Crippen molar-refractivity contribution in [2.45, 2.75) is 34.2 Å². The van der Waals surface area contributed by atoms with Crippen LogP contribution >= 0.6 is 0 Å². The van der Waals surface area contributed by atoms with E-state index in [4.69, 9.17) is 9.47 Å². The van der Waals surface area contributed by atoms with Crippen LogP contribution in [-0.2, 0) is 11.3 Å². The Hall–Kier alpha value is -3.47. The van der Waals surface area contributed by atoms with Crippen LogP contribution in [0.3, 0.4) is 0 Å². The molecule has 3 aromatic rings. The molecule has 5 heteroatoms. The number of aryl methyl sites for hydroxylation is 3. The zero-order valence-corrected chi connectivity index (χ0v) is 18.6. The molecule has 0 saturated carbocycles. The number of amides is 1. The number of rotatable bonds is 9. The van der Waals surface area contributed by atoms with Gasteiger partial charge in [0, 0.05) is 17.9 Å². The lowest BCUT2D eigenvalue weighted by molar-refractivity contribution is -0.118. The van der Waals surface area contributed by atoms with Crippen molar-refractivity contribution in [2.75, 3.05) is 23.8 Å². The summed E-state index contributed by atoms with van der Waals surface area (Å²) in [5, 5.41) is 6.32. The van der Waals surface area contributed by atoms with Gasteiger partial charge in [-0.25, -0.2) is 0 Å². The molecule has 0 spiro atoms. The first-order valence-electron chi connectivity index (χ1n) is 10.5. The summed E-state index contributed by atoms with van der Waals surface area (Å²) in [5.41, 5.74) is 6.27. The van der Waals surface area contributed by atoms with Crippen molar-refractivity contribution in [2.24, 2.45) is 0 Å². The maximum atomic E-state index is 12.4. The van der Waals surface area contributed by atoms with Crippen molar-refractivity contribution in [1.29, 1.82) is 0 Å². The van der Waals surface area contributed by atoms with Crippen LogP contribution in [0.5, 0.6) is 11.5 Å². The van der Waals surface area contributed by atoms with Crippen LogP contribution in [0.25, 0.3) is 0 Å². The van der Waals surface area contributed by atoms with E-state index in [0.717, 1.165) is 28.1 Å². The molecule has 0 saturated heterocycles. The van der Waals surface area contributed by atoms with Gasteiger partial charge in [0.2, 0.25) is 0 Å². The predicted octanol–water partition coefficient (Wildman–Crippen LogP) is 5.64. The highest BCUT2D eigenvalue weighted by Crippen LogP contribution is 2.29. The fourth-order valence-corrected chi connectivity index (χ4v) is 3.13. The van der Waals surface area contributed by atoms with Gasteiger partial charge in [0.15, 0.2) is 18.1 Å². The van der Waals surface area contributed by atoms with E-state index >= 15 is 0 Å². The maximum Gasteiger partial charge on any atom is 0.262 e. The second-order valence-corrected chi connectivity index (χ2v) is 7.59. The molecule has 1 amide bonds. The fraction of sp³-hybridized carbons (Fsp3) is 0.269. The molecular formula is C26H30N2O3. The second kappa shape index (κ2) is 10.5. The molecule has 0 aliphatic heterocycles. The van der Waals surface area contributed by atoms with E-state index < -0.39 is 0 Å². The van der Waals surface area contributed by atoms with Crippen LogP contribution in [0, 0.1) is 20.8 Å². The van der Waals surface area contributed by atoms with Gasteiger partial charge in [-0.15, -0.1) is 0 Å². The molecule has 0 aliphatic rings. The summed E-state index contributed by atoms with van der Waals surface area (Å²) in [6.07, 6.45) is 0. The first kappa shape index (κ1) is 22.2. The van der Waals surface area contributed by atoms with Gasteiger partial charge in [0.1, 0.15) is 0 Å². The quantitative estimate of drug-likeness (QED) is 0.472. The summed E-state index contributed by atoms with van der Waals surface area (Å²) in [4.78, 5) is 12.4. The lowest BCUT2D eigenvalue weighted by atomic mass is 10.1. The Bertz CT molecular complexity index is 1030. The Morgan fingerprint density at radius 1 is 0.839 bits per heavy atom. The molecule has 0 aliphatic carbocycles. The van der Waals surface area contributed by atoms with Gasteiger partial charge in [0.25, 0.3) is 5.91 Å². The minimum absolute atomic E-state index is 0.0889. The molecule has 3 rings (SSSR count). The Labute approximate surface area is 184 Å². The first-order chi connectivity index (χ1) is 14.9. The Kier molecular flexibility index (Phi) is 7.55. The number of benzene rings is 3. The van der Waals surface area contributed by atoms with Crippen molar-refractivity contribution in [1.82, 2.24) is 0 Å². The van der Waals surface area contributed by atoms with Gasteiger partial charge in [-0.05, 0) is 74.7 Å². The fourth-order valence-electron chi connectivity index (χ4n) is 3.13. The molecule has 5 nitrogen and oxygen atoms in total. The average Bonchev–Trinajstić information content (AvgIpc) is 2.75. The van der Waals surface area contributed by atoms with E-state index in [1.54, 1.807) is 0 Å². The SMILES string of the molecule is CCOc1cc(CNc2ccc(C)cc2)ccc1OCC(=O)Nc1cc(C)ccc1C. The van der Waals surface area contributed by atoms with E-state index in [2.05, 4.69) is 41.8 Å². The highest BCUT2D eigenvalue weighted by atomic mass is 16.5. The molecule has 2 N–H and O–H groups in total. The van der Waals surface area contributed by atoms with Crippen molar-refractivity contribution in [3.8, 4) is 11.5 Å². The topological polar surface area (TPSA) is 59.6 Å². The van der Waals surface area contributed by atoms with E-state index in [1.807, 2.05) is 57.2 Å². The molecule has 0 radical (unpaired) electrons. The number of hydrogen-bond donors (Lipinski definition) is 2. The molecule has 0 aromatic heterocycles. The van der Waals surface area contributed by atoms with Crippen molar-refractivity contribution >= 4 is 17.3 Å². The Balaban J connectivity index is 1.61. The van der Waals surface area contributed by atoms with Gasteiger partial charge in [-0.2, -0.15) is 0 Å². The van der Waals surface area contributed by atoms with Crippen molar-refractivity contribution in [3.05, 3.63) is 82.9 Å². The summed E-state index contributed by atoms with van der Waals surface area (Å²) in [5.74, 6) is 0.976. The van der Waals surface area contributed by atoms with E-state index in [9.17, 15) is 4.79 Å². The highest BCUT2D eigenvalue weighted by Gasteiger charge is 2.11. The lowest BCUT2D eigenvalue weighted by Gasteiger charge is -2.15. The predicted molar refractivity (Wildman–Crippen MR) is 126 cm³/mol.